The summed E-state index contributed by atoms with van der Waals surface area (Å²) in [5.74, 6) is -0.0859. The van der Waals surface area contributed by atoms with Crippen LogP contribution in [0.1, 0.15) is 271 Å². The van der Waals surface area contributed by atoms with Crippen molar-refractivity contribution in [3.63, 3.8) is 0 Å². The standard InChI is InChI=1S/C50H97NO5/c1-3-5-7-9-11-13-15-16-17-18-21-24-28-32-36-40-44-50(55)56-45-41-37-33-29-25-22-19-20-23-27-31-35-39-43-49(54)51-47(46-52)48(53)42-38-34-30-26-14-12-10-8-6-4-2/h38,42,47-48,52-53H,3-37,39-41,43-46H2,1-2H3,(H,51,54)/b42-38+. The van der Waals surface area contributed by atoms with Gasteiger partial charge in [-0.3, -0.25) is 9.59 Å². The number of carbonyl (C=O) groups is 2. The van der Waals surface area contributed by atoms with E-state index < -0.39 is 12.1 Å². The minimum Gasteiger partial charge on any atom is -0.466 e. The zero-order chi connectivity index (χ0) is 40.8. The van der Waals surface area contributed by atoms with E-state index in [0.29, 0.717) is 19.4 Å². The summed E-state index contributed by atoms with van der Waals surface area (Å²) in [4.78, 5) is 24.4. The van der Waals surface area contributed by atoms with Crippen LogP contribution >= 0.6 is 0 Å². The van der Waals surface area contributed by atoms with Crippen LogP contribution in [0.4, 0.5) is 0 Å². The van der Waals surface area contributed by atoms with Gasteiger partial charge in [-0.2, -0.15) is 0 Å². The lowest BCUT2D eigenvalue weighted by Gasteiger charge is -2.20. The number of aliphatic hydroxyl groups excluding tert-OH is 2. The first-order valence-electron chi connectivity index (χ1n) is 25.0. The van der Waals surface area contributed by atoms with Gasteiger partial charge in [-0.15, -0.1) is 0 Å². The van der Waals surface area contributed by atoms with Crippen LogP contribution in [0.5, 0.6) is 0 Å². The molecule has 0 radical (unpaired) electrons. The molecule has 0 aromatic carbocycles. The van der Waals surface area contributed by atoms with Crippen molar-refractivity contribution in [1.82, 2.24) is 5.32 Å². The Bertz CT molecular complexity index is 832. The Labute approximate surface area is 349 Å². The molecule has 332 valence electrons. The van der Waals surface area contributed by atoms with Crippen LogP contribution in [0.25, 0.3) is 0 Å². The van der Waals surface area contributed by atoms with E-state index in [-0.39, 0.29) is 18.5 Å². The zero-order valence-corrected chi connectivity index (χ0v) is 37.6. The van der Waals surface area contributed by atoms with Crippen LogP contribution in [0, 0.1) is 0 Å². The van der Waals surface area contributed by atoms with E-state index in [1.807, 2.05) is 6.08 Å². The second kappa shape index (κ2) is 46.3. The predicted octanol–water partition coefficient (Wildman–Crippen LogP) is 14.6. The minimum atomic E-state index is -0.849. The second-order valence-corrected chi connectivity index (χ2v) is 17.2. The van der Waals surface area contributed by atoms with Crippen molar-refractivity contribution in [2.75, 3.05) is 13.2 Å². The molecule has 0 bridgehead atoms. The molecule has 0 spiro atoms. The van der Waals surface area contributed by atoms with E-state index >= 15 is 0 Å². The van der Waals surface area contributed by atoms with Crippen molar-refractivity contribution < 1.29 is 24.5 Å². The number of aliphatic hydroxyl groups is 2. The molecule has 0 heterocycles. The maximum atomic E-state index is 12.4. The summed E-state index contributed by atoms with van der Waals surface area (Å²) in [6.45, 7) is 4.86. The molecule has 0 fully saturated rings. The molecule has 0 aliphatic heterocycles. The van der Waals surface area contributed by atoms with Crippen LogP contribution in [0.2, 0.25) is 0 Å². The first-order valence-corrected chi connectivity index (χ1v) is 25.0. The highest BCUT2D eigenvalue weighted by Gasteiger charge is 2.18. The molecule has 56 heavy (non-hydrogen) atoms. The maximum absolute atomic E-state index is 12.4. The average Bonchev–Trinajstić information content (AvgIpc) is 3.20. The first kappa shape index (κ1) is 54.6. The number of ether oxygens (including phenoxy) is 1. The van der Waals surface area contributed by atoms with Gasteiger partial charge in [0.1, 0.15) is 0 Å². The highest BCUT2D eigenvalue weighted by molar-refractivity contribution is 5.76. The van der Waals surface area contributed by atoms with Crippen molar-refractivity contribution in [3.05, 3.63) is 12.2 Å². The van der Waals surface area contributed by atoms with Crippen molar-refractivity contribution in [2.24, 2.45) is 0 Å². The third-order valence-electron chi connectivity index (χ3n) is 11.6. The summed E-state index contributed by atoms with van der Waals surface area (Å²) < 4.78 is 5.47. The van der Waals surface area contributed by atoms with Crippen molar-refractivity contribution >= 4 is 11.9 Å². The molecular weight excluding hydrogens is 695 g/mol. The number of esters is 1. The molecule has 0 aliphatic rings. The van der Waals surface area contributed by atoms with E-state index in [0.717, 1.165) is 57.8 Å². The Morgan fingerprint density at radius 2 is 0.821 bits per heavy atom. The lowest BCUT2D eigenvalue weighted by Crippen LogP contribution is -2.45. The third-order valence-corrected chi connectivity index (χ3v) is 11.6. The van der Waals surface area contributed by atoms with Gasteiger partial charge in [0.2, 0.25) is 5.91 Å². The van der Waals surface area contributed by atoms with E-state index in [1.165, 1.54) is 186 Å². The number of hydrogen-bond donors (Lipinski definition) is 3. The summed E-state index contributed by atoms with van der Waals surface area (Å²) in [7, 11) is 0. The van der Waals surface area contributed by atoms with Crippen LogP contribution < -0.4 is 5.32 Å². The van der Waals surface area contributed by atoms with Gasteiger partial charge >= 0.3 is 5.97 Å². The molecule has 3 N–H and O–H groups in total. The van der Waals surface area contributed by atoms with Gasteiger partial charge in [-0.25, -0.2) is 0 Å². The van der Waals surface area contributed by atoms with E-state index in [1.54, 1.807) is 6.08 Å². The summed E-state index contributed by atoms with van der Waals surface area (Å²) in [5, 5.41) is 22.9. The Morgan fingerprint density at radius 1 is 0.482 bits per heavy atom. The monoisotopic (exact) mass is 792 g/mol. The van der Waals surface area contributed by atoms with E-state index in [9.17, 15) is 19.8 Å². The van der Waals surface area contributed by atoms with Crippen LogP contribution in [-0.2, 0) is 14.3 Å². The van der Waals surface area contributed by atoms with Gasteiger partial charge in [-0.05, 0) is 32.1 Å². The third kappa shape index (κ3) is 42.2. The molecule has 1 amide bonds. The molecule has 0 aromatic heterocycles. The number of carbonyl (C=O) groups excluding carboxylic acids is 2. The number of allylic oxidation sites excluding steroid dienone is 1. The molecule has 0 rings (SSSR count). The molecule has 6 nitrogen and oxygen atoms in total. The summed E-state index contributed by atoms with van der Waals surface area (Å²) in [5.41, 5.74) is 0. The summed E-state index contributed by atoms with van der Waals surface area (Å²) >= 11 is 0. The van der Waals surface area contributed by atoms with Gasteiger partial charge in [0, 0.05) is 12.8 Å². The molecule has 0 saturated carbocycles. The number of hydrogen-bond acceptors (Lipinski definition) is 5. The van der Waals surface area contributed by atoms with E-state index in [4.69, 9.17) is 4.74 Å². The number of rotatable bonds is 46. The Kier molecular flexibility index (Phi) is 45.1. The topological polar surface area (TPSA) is 95.9 Å². The van der Waals surface area contributed by atoms with Crippen molar-refractivity contribution in [1.29, 1.82) is 0 Å². The summed E-state index contributed by atoms with van der Waals surface area (Å²) in [6, 6.07) is -0.634. The molecule has 2 unspecified atom stereocenters. The highest BCUT2D eigenvalue weighted by Crippen LogP contribution is 2.16. The molecule has 6 heteroatoms. The van der Waals surface area contributed by atoms with Crippen molar-refractivity contribution in [2.45, 2.75) is 283 Å². The zero-order valence-electron chi connectivity index (χ0n) is 37.6. The average molecular weight is 792 g/mol. The number of amides is 1. The fourth-order valence-corrected chi connectivity index (χ4v) is 7.69. The lowest BCUT2D eigenvalue weighted by atomic mass is 10.0. The van der Waals surface area contributed by atoms with Crippen LogP contribution in [-0.4, -0.2) is 47.4 Å². The number of nitrogens with one attached hydrogen (secondary N) is 1. The Balaban J connectivity index is 3.43. The molecule has 0 saturated heterocycles. The first-order chi connectivity index (χ1) is 27.5. The largest absolute Gasteiger partial charge is 0.466 e. The fraction of sp³-hybridized carbons (Fsp3) is 0.920. The Hall–Kier alpha value is -1.40. The lowest BCUT2D eigenvalue weighted by molar-refractivity contribution is -0.143. The molecule has 0 aromatic rings. The molecule has 2 atom stereocenters. The van der Waals surface area contributed by atoms with E-state index in [2.05, 4.69) is 19.2 Å². The quantitative estimate of drug-likeness (QED) is 0.0324. The smallest absolute Gasteiger partial charge is 0.305 e. The van der Waals surface area contributed by atoms with Crippen molar-refractivity contribution in [3.8, 4) is 0 Å². The SMILES string of the molecule is CCCCCCCCCC/C=C/C(O)C(CO)NC(=O)CCCCCCCCCCCCCCCOC(=O)CCCCCCCCCCCCCCCCCC. The maximum Gasteiger partial charge on any atom is 0.305 e. The second-order valence-electron chi connectivity index (χ2n) is 17.2. The van der Waals surface area contributed by atoms with Gasteiger partial charge in [-0.1, -0.05) is 238 Å². The van der Waals surface area contributed by atoms with Gasteiger partial charge < -0.3 is 20.3 Å². The van der Waals surface area contributed by atoms with Gasteiger partial charge in [0.25, 0.3) is 0 Å². The van der Waals surface area contributed by atoms with Gasteiger partial charge in [0.15, 0.2) is 0 Å². The Morgan fingerprint density at radius 3 is 1.21 bits per heavy atom. The van der Waals surface area contributed by atoms with Crippen LogP contribution in [0.3, 0.4) is 0 Å². The minimum absolute atomic E-state index is 0.00382. The summed E-state index contributed by atoms with van der Waals surface area (Å²) in [6.07, 6.45) is 52.1. The van der Waals surface area contributed by atoms with Crippen LogP contribution in [0.15, 0.2) is 12.2 Å². The fourth-order valence-electron chi connectivity index (χ4n) is 7.69. The highest BCUT2D eigenvalue weighted by atomic mass is 16.5. The normalized spacial score (nSPS) is 12.7. The molecule has 0 aliphatic carbocycles. The van der Waals surface area contributed by atoms with Gasteiger partial charge in [0.05, 0.1) is 25.4 Å². The number of unbranched alkanes of at least 4 members (excludes halogenated alkanes) is 35. The predicted molar refractivity (Wildman–Crippen MR) is 241 cm³/mol. The molecular formula is C50H97NO5.